The number of aromatic carboxylic acids is 4. The molecule has 2 rings (SSSR count). The van der Waals surface area contributed by atoms with Crippen LogP contribution in [0.25, 0.3) is 0 Å². The lowest BCUT2D eigenvalue weighted by atomic mass is 10.0. The summed E-state index contributed by atoms with van der Waals surface area (Å²) in [6, 6.07) is 7.13. The first-order chi connectivity index (χ1) is 18.9. The van der Waals surface area contributed by atoms with Crippen LogP contribution >= 0.6 is 0 Å². The highest BCUT2D eigenvalue weighted by Crippen LogP contribution is 2.23. The van der Waals surface area contributed by atoms with E-state index in [9.17, 15) is 39.0 Å². The van der Waals surface area contributed by atoms with Gasteiger partial charge in [-0.25, -0.2) is 28.8 Å². The molecule has 220 valence electrons. The first-order valence-electron chi connectivity index (χ1n) is 12.2. The largest absolute Gasteiger partial charge is 0.478 e. The lowest BCUT2D eigenvalue weighted by molar-refractivity contribution is 0.0515. The molecule has 0 radical (unpaired) electrons. The molecule has 2 aromatic carbocycles. The smallest absolute Gasteiger partial charge is 0.338 e. The van der Waals surface area contributed by atoms with Gasteiger partial charge in [0.2, 0.25) is 0 Å². The Morgan fingerprint density at radius 1 is 0.561 bits per heavy atom. The van der Waals surface area contributed by atoms with Gasteiger partial charge >= 0.3 is 35.8 Å². The van der Waals surface area contributed by atoms with E-state index in [-0.39, 0.29) is 24.3 Å². The Balaban J connectivity index is 1.91. The van der Waals surface area contributed by atoms with Crippen LogP contribution in [0.2, 0.25) is 38.3 Å². The zero-order valence-corrected chi connectivity index (χ0v) is 24.8. The minimum absolute atomic E-state index is 0.0150. The van der Waals surface area contributed by atoms with E-state index >= 15 is 0 Å². The molecule has 0 aliphatic carbocycles. The highest BCUT2D eigenvalue weighted by atomic mass is 28.4. The van der Waals surface area contributed by atoms with Gasteiger partial charge in [0.15, 0.2) is 16.6 Å². The van der Waals surface area contributed by atoms with Crippen LogP contribution in [0.15, 0.2) is 36.4 Å². The van der Waals surface area contributed by atoms with Crippen molar-refractivity contribution >= 4 is 52.5 Å². The quantitative estimate of drug-likeness (QED) is 0.178. The predicted molar refractivity (Wildman–Crippen MR) is 147 cm³/mol. The standard InChI is InChI=1S/C26H30O13Si2/c1-40(2,11-9-37-25(35)15-5-7-17(21(27)28)19(13-15)23(31)32)39-41(3,4)12-10-38-26(36)16-6-8-18(22(29)30)20(14-16)24(33)34/h5-8,13-14H,9-12H2,1-4H3,(H,27,28)(H,29,30)(H,31,32)(H,33,34). The molecule has 0 saturated heterocycles. The molecule has 0 bridgehead atoms. The number of carboxylic acids is 4. The molecule has 0 aliphatic heterocycles. The van der Waals surface area contributed by atoms with Gasteiger partial charge in [0.05, 0.1) is 46.6 Å². The van der Waals surface area contributed by atoms with Crippen molar-refractivity contribution in [3.63, 3.8) is 0 Å². The second-order valence-electron chi connectivity index (χ2n) is 10.1. The van der Waals surface area contributed by atoms with E-state index in [1.807, 2.05) is 26.2 Å². The number of hydrogen-bond donors (Lipinski definition) is 4. The minimum atomic E-state index is -2.39. The van der Waals surface area contributed by atoms with Crippen molar-refractivity contribution in [1.82, 2.24) is 0 Å². The molecular formula is C26H30O13Si2. The second kappa shape index (κ2) is 13.3. The maximum atomic E-state index is 12.4. The Hall–Kier alpha value is -4.35. The third-order valence-corrected chi connectivity index (χ3v) is 13.1. The Labute approximate surface area is 236 Å². The normalized spacial score (nSPS) is 11.4. The monoisotopic (exact) mass is 606 g/mol. The minimum Gasteiger partial charge on any atom is -0.478 e. The molecule has 0 unspecified atom stereocenters. The maximum absolute atomic E-state index is 12.4. The summed E-state index contributed by atoms with van der Waals surface area (Å²) in [5.41, 5.74) is -2.16. The van der Waals surface area contributed by atoms with E-state index in [1.54, 1.807) is 0 Å². The summed E-state index contributed by atoms with van der Waals surface area (Å²) in [6.45, 7) is 7.65. The second-order valence-corrected chi connectivity index (χ2v) is 19.0. The topological polar surface area (TPSA) is 211 Å². The van der Waals surface area contributed by atoms with E-state index in [1.165, 1.54) is 12.1 Å². The molecule has 41 heavy (non-hydrogen) atoms. The number of carbonyl (C=O) groups excluding carboxylic acids is 2. The van der Waals surface area contributed by atoms with Crippen molar-refractivity contribution in [3.05, 3.63) is 69.8 Å². The van der Waals surface area contributed by atoms with Crippen LogP contribution in [0.5, 0.6) is 0 Å². The summed E-state index contributed by atoms with van der Waals surface area (Å²) >= 11 is 0. The third kappa shape index (κ3) is 9.37. The van der Waals surface area contributed by atoms with Crippen LogP contribution in [0.1, 0.15) is 62.1 Å². The molecule has 0 atom stereocenters. The average molecular weight is 607 g/mol. The van der Waals surface area contributed by atoms with Crippen LogP contribution in [0, 0.1) is 0 Å². The van der Waals surface area contributed by atoms with Gasteiger partial charge < -0.3 is 34.0 Å². The number of carbonyl (C=O) groups is 6. The van der Waals surface area contributed by atoms with Gasteiger partial charge in [-0.2, -0.15) is 0 Å². The Kier molecular flexibility index (Phi) is 10.7. The van der Waals surface area contributed by atoms with Gasteiger partial charge in [0.1, 0.15) is 0 Å². The average Bonchev–Trinajstić information content (AvgIpc) is 2.86. The fourth-order valence-electron chi connectivity index (χ4n) is 3.87. The fourth-order valence-corrected chi connectivity index (χ4v) is 11.9. The third-order valence-electron chi connectivity index (χ3n) is 5.86. The van der Waals surface area contributed by atoms with Crippen molar-refractivity contribution in [3.8, 4) is 0 Å². The highest BCUT2D eigenvalue weighted by Gasteiger charge is 2.33. The van der Waals surface area contributed by atoms with Gasteiger partial charge in [-0.3, -0.25) is 0 Å². The SMILES string of the molecule is C[Si](C)(CCOC(=O)c1ccc(C(=O)O)c(C(=O)O)c1)O[Si](C)(C)CCOC(=O)c1ccc(C(=O)O)c(C(=O)O)c1. The zero-order chi connectivity index (χ0) is 31.1. The summed E-state index contributed by atoms with van der Waals surface area (Å²) in [6.07, 6.45) is 0. The number of rotatable bonds is 14. The number of hydrogen-bond acceptors (Lipinski definition) is 9. The summed E-state index contributed by atoms with van der Waals surface area (Å²) in [7, 11) is -4.77. The lowest BCUT2D eigenvalue weighted by Crippen LogP contribution is -2.45. The van der Waals surface area contributed by atoms with Gasteiger partial charge in [0, 0.05) is 0 Å². The van der Waals surface area contributed by atoms with Crippen LogP contribution in [-0.4, -0.2) is 86.1 Å². The molecule has 0 amide bonds. The summed E-state index contributed by atoms with van der Waals surface area (Å²) < 4.78 is 16.9. The number of carboxylic acid groups (broad SMARTS) is 4. The zero-order valence-electron chi connectivity index (χ0n) is 22.8. The molecular weight excluding hydrogens is 576 g/mol. The summed E-state index contributed by atoms with van der Waals surface area (Å²) in [5.74, 6) is -7.46. The van der Waals surface area contributed by atoms with Crippen LogP contribution in [-0.2, 0) is 13.6 Å². The van der Waals surface area contributed by atoms with Crippen LogP contribution < -0.4 is 0 Å². The van der Waals surface area contributed by atoms with Gasteiger partial charge in [0.25, 0.3) is 0 Å². The Morgan fingerprint density at radius 2 is 0.878 bits per heavy atom. The summed E-state index contributed by atoms with van der Waals surface area (Å²) in [4.78, 5) is 69.9. The Morgan fingerprint density at radius 3 is 1.17 bits per heavy atom. The van der Waals surface area contributed by atoms with E-state index in [4.69, 9.17) is 23.8 Å². The molecule has 0 aromatic heterocycles. The first kappa shape index (κ1) is 32.9. The van der Waals surface area contributed by atoms with Crippen molar-refractivity contribution < 1.29 is 62.8 Å². The predicted octanol–water partition coefficient (Wildman–Crippen LogP) is 3.92. The first-order valence-corrected chi connectivity index (χ1v) is 18.4. The van der Waals surface area contributed by atoms with Gasteiger partial charge in [-0.15, -0.1) is 0 Å². The molecule has 0 spiro atoms. The van der Waals surface area contributed by atoms with Crippen molar-refractivity contribution in [2.45, 2.75) is 38.3 Å². The fraction of sp³-hybridized carbons (Fsp3) is 0.308. The van der Waals surface area contributed by atoms with E-state index in [0.717, 1.165) is 24.3 Å². The molecule has 0 heterocycles. The highest BCUT2D eigenvalue weighted by molar-refractivity contribution is 6.84. The number of esters is 2. The number of ether oxygens (including phenoxy) is 2. The lowest BCUT2D eigenvalue weighted by Gasteiger charge is -2.33. The van der Waals surface area contributed by atoms with Crippen LogP contribution in [0.3, 0.4) is 0 Å². The molecule has 0 aliphatic rings. The molecule has 0 fully saturated rings. The van der Waals surface area contributed by atoms with Crippen molar-refractivity contribution in [2.24, 2.45) is 0 Å². The van der Waals surface area contributed by atoms with E-state index in [0.29, 0.717) is 12.1 Å². The molecule has 13 nitrogen and oxygen atoms in total. The Bertz CT molecular complexity index is 1280. The molecule has 4 N–H and O–H groups in total. The van der Waals surface area contributed by atoms with Crippen molar-refractivity contribution in [2.75, 3.05) is 13.2 Å². The van der Waals surface area contributed by atoms with Crippen molar-refractivity contribution in [1.29, 1.82) is 0 Å². The number of benzene rings is 2. The maximum Gasteiger partial charge on any atom is 0.338 e. The summed E-state index contributed by atoms with van der Waals surface area (Å²) in [5, 5.41) is 36.7. The van der Waals surface area contributed by atoms with Gasteiger partial charge in [-0.05, 0) is 74.7 Å². The van der Waals surface area contributed by atoms with Gasteiger partial charge in [-0.1, -0.05) is 0 Å². The molecule has 0 saturated carbocycles. The van der Waals surface area contributed by atoms with Crippen LogP contribution in [0.4, 0.5) is 0 Å². The van der Waals surface area contributed by atoms with E-state index in [2.05, 4.69) is 0 Å². The molecule has 15 heteroatoms. The van der Waals surface area contributed by atoms with E-state index < -0.39 is 74.7 Å². The molecule has 2 aromatic rings.